The predicted molar refractivity (Wildman–Crippen MR) is 52.8 cm³/mol. The molecule has 0 bridgehead atoms. The summed E-state index contributed by atoms with van der Waals surface area (Å²) in [5.74, 6) is 0. The van der Waals surface area contributed by atoms with Crippen molar-refractivity contribution in [3.05, 3.63) is 21.3 Å². The van der Waals surface area contributed by atoms with Gasteiger partial charge in [-0.1, -0.05) is 11.6 Å². The van der Waals surface area contributed by atoms with E-state index in [0.29, 0.717) is 0 Å². The first-order chi connectivity index (χ1) is 5.77. The largest absolute Gasteiger partial charge is 0.396 e. The van der Waals surface area contributed by atoms with E-state index >= 15 is 0 Å². The standard InChI is InChI=1S/C8H12ClNOS/c1-10-6(4-5-11)7-2-3-8(9)12-7/h2-3,6,10-11H,4-5H2,1H3. The fourth-order valence-corrected chi connectivity index (χ4v) is 2.28. The van der Waals surface area contributed by atoms with E-state index in [0.717, 1.165) is 10.8 Å². The van der Waals surface area contributed by atoms with Crippen molar-refractivity contribution in [3.8, 4) is 0 Å². The average molecular weight is 206 g/mol. The number of rotatable bonds is 4. The summed E-state index contributed by atoms with van der Waals surface area (Å²) in [4.78, 5) is 1.18. The Hall–Kier alpha value is -0.0900. The first-order valence-electron chi connectivity index (χ1n) is 3.81. The highest BCUT2D eigenvalue weighted by molar-refractivity contribution is 7.16. The molecule has 1 atom stereocenters. The Bertz CT molecular complexity index is 239. The molecule has 68 valence electrons. The lowest BCUT2D eigenvalue weighted by molar-refractivity contribution is 0.269. The van der Waals surface area contributed by atoms with E-state index in [1.807, 2.05) is 19.2 Å². The molecule has 4 heteroatoms. The second-order valence-electron chi connectivity index (χ2n) is 2.50. The van der Waals surface area contributed by atoms with Gasteiger partial charge in [0.2, 0.25) is 0 Å². The van der Waals surface area contributed by atoms with Crippen LogP contribution in [-0.2, 0) is 0 Å². The maximum absolute atomic E-state index is 8.77. The predicted octanol–water partition coefficient (Wildman–Crippen LogP) is 2.04. The van der Waals surface area contributed by atoms with Gasteiger partial charge in [-0.3, -0.25) is 0 Å². The Kier molecular flexibility index (Phi) is 4.01. The summed E-state index contributed by atoms with van der Waals surface area (Å²) < 4.78 is 0.795. The van der Waals surface area contributed by atoms with Gasteiger partial charge < -0.3 is 10.4 Å². The summed E-state index contributed by atoms with van der Waals surface area (Å²) >= 11 is 7.34. The van der Waals surface area contributed by atoms with Crippen LogP contribution in [-0.4, -0.2) is 18.8 Å². The summed E-state index contributed by atoms with van der Waals surface area (Å²) in [6.45, 7) is 0.195. The van der Waals surface area contributed by atoms with Gasteiger partial charge in [0.1, 0.15) is 0 Å². The summed E-state index contributed by atoms with van der Waals surface area (Å²) in [7, 11) is 1.88. The van der Waals surface area contributed by atoms with Crippen LogP contribution in [0.15, 0.2) is 12.1 Å². The van der Waals surface area contributed by atoms with E-state index in [1.165, 1.54) is 4.88 Å². The number of aliphatic hydroxyl groups is 1. The van der Waals surface area contributed by atoms with Crippen LogP contribution in [0.4, 0.5) is 0 Å². The molecule has 2 N–H and O–H groups in total. The van der Waals surface area contributed by atoms with Crippen LogP contribution in [0.1, 0.15) is 17.3 Å². The lowest BCUT2D eigenvalue weighted by atomic mass is 10.2. The molecule has 1 rings (SSSR count). The molecular formula is C8H12ClNOS. The van der Waals surface area contributed by atoms with Crippen LogP contribution in [0.5, 0.6) is 0 Å². The zero-order chi connectivity index (χ0) is 8.97. The van der Waals surface area contributed by atoms with Gasteiger partial charge in [0, 0.05) is 17.5 Å². The van der Waals surface area contributed by atoms with Crippen LogP contribution in [0.25, 0.3) is 0 Å². The Labute approximate surface area is 81.2 Å². The maximum Gasteiger partial charge on any atom is 0.0931 e. The first kappa shape index (κ1) is 9.99. The minimum absolute atomic E-state index is 0.195. The fourth-order valence-electron chi connectivity index (χ4n) is 1.07. The van der Waals surface area contributed by atoms with Crippen molar-refractivity contribution in [2.75, 3.05) is 13.7 Å². The molecule has 0 radical (unpaired) electrons. The van der Waals surface area contributed by atoms with Crippen molar-refractivity contribution in [1.29, 1.82) is 0 Å². The van der Waals surface area contributed by atoms with E-state index in [1.54, 1.807) is 11.3 Å². The normalized spacial score (nSPS) is 13.2. The minimum Gasteiger partial charge on any atom is -0.396 e. The smallest absolute Gasteiger partial charge is 0.0931 e. The third-order valence-corrected chi connectivity index (χ3v) is 3.05. The van der Waals surface area contributed by atoms with Crippen LogP contribution < -0.4 is 5.32 Å². The van der Waals surface area contributed by atoms with Gasteiger partial charge in [0.15, 0.2) is 0 Å². The van der Waals surface area contributed by atoms with E-state index in [4.69, 9.17) is 16.7 Å². The lowest BCUT2D eigenvalue weighted by Crippen LogP contribution is -2.16. The van der Waals surface area contributed by atoms with Crippen molar-refractivity contribution in [2.45, 2.75) is 12.5 Å². The molecule has 2 nitrogen and oxygen atoms in total. The number of nitrogens with one attached hydrogen (secondary N) is 1. The highest BCUT2D eigenvalue weighted by Crippen LogP contribution is 2.28. The molecule has 0 spiro atoms. The van der Waals surface area contributed by atoms with Crippen molar-refractivity contribution in [1.82, 2.24) is 5.32 Å². The number of halogens is 1. The van der Waals surface area contributed by atoms with Crippen molar-refractivity contribution < 1.29 is 5.11 Å². The molecule has 0 saturated heterocycles. The summed E-state index contributed by atoms with van der Waals surface area (Å²) in [6.07, 6.45) is 0.730. The monoisotopic (exact) mass is 205 g/mol. The fraction of sp³-hybridized carbons (Fsp3) is 0.500. The third-order valence-electron chi connectivity index (χ3n) is 1.70. The van der Waals surface area contributed by atoms with E-state index in [2.05, 4.69) is 5.32 Å². The molecule has 0 aromatic carbocycles. The highest BCUT2D eigenvalue weighted by atomic mass is 35.5. The van der Waals surface area contributed by atoms with Crippen molar-refractivity contribution in [3.63, 3.8) is 0 Å². The quantitative estimate of drug-likeness (QED) is 0.789. The lowest BCUT2D eigenvalue weighted by Gasteiger charge is -2.11. The van der Waals surface area contributed by atoms with E-state index in [9.17, 15) is 0 Å². The van der Waals surface area contributed by atoms with Crippen LogP contribution >= 0.6 is 22.9 Å². The number of hydrogen-bond donors (Lipinski definition) is 2. The van der Waals surface area contributed by atoms with E-state index < -0.39 is 0 Å². The Morgan fingerprint density at radius 3 is 2.83 bits per heavy atom. The van der Waals surface area contributed by atoms with Crippen molar-refractivity contribution >= 4 is 22.9 Å². The molecule has 1 heterocycles. The Morgan fingerprint density at radius 2 is 2.42 bits per heavy atom. The zero-order valence-corrected chi connectivity index (χ0v) is 8.45. The molecule has 1 unspecified atom stereocenters. The second kappa shape index (κ2) is 4.82. The zero-order valence-electron chi connectivity index (χ0n) is 6.88. The second-order valence-corrected chi connectivity index (χ2v) is 4.24. The molecule has 0 aliphatic rings. The third kappa shape index (κ3) is 2.45. The number of thiophene rings is 1. The van der Waals surface area contributed by atoms with Crippen molar-refractivity contribution in [2.24, 2.45) is 0 Å². The highest BCUT2D eigenvalue weighted by Gasteiger charge is 2.09. The van der Waals surface area contributed by atoms with Crippen LogP contribution in [0.2, 0.25) is 4.34 Å². The van der Waals surface area contributed by atoms with Gasteiger partial charge in [-0.05, 0) is 25.6 Å². The average Bonchev–Trinajstić information content (AvgIpc) is 2.47. The van der Waals surface area contributed by atoms with Gasteiger partial charge in [0.25, 0.3) is 0 Å². The van der Waals surface area contributed by atoms with Gasteiger partial charge in [-0.25, -0.2) is 0 Å². The van der Waals surface area contributed by atoms with Gasteiger partial charge in [-0.15, -0.1) is 11.3 Å². The molecule has 0 saturated carbocycles. The summed E-state index contributed by atoms with van der Waals surface area (Å²) in [5.41, 5.74) is 0. The topological polar surface area (TPSA) is 32.3 Å². The minimum atomic E-state index is 0.195. The van der Waals surface area contributed by atoms with Gasteiger partial charge in [-0.2, -0.15) is 0 Å². The molecule has 1 aromatic heterocycles. The molecule has 0 amide bonds. The van der Waals surface area contributed by atoms with Crippen LogP contribution in [0, 0.1) is 0 Å². The first-order valence-corrected chi connectivity index (χ1v) is 5.00. The summed E-state index contributed by atoms with van der Waals surface area (Å²) in [5, 5.41) is 11.9. The molecule has 0 aliphatic heterocycles. The Morgan fingerprint density at radius 1 is 1.67 bits per heavy atom. The molecule has 12 heavy (non-hydrogen) atoms. The van der Waals surface area contributed by atoms with Gasteiger partial charge >= 0.3 is 0 Å². The van der Waals surface area contributed by atoms with Gasteiger partial charge in [0.05, 0.1) is 4.34 Å². The van der Waals surface area contributed by atoms with E-state index in [-0.39, 0.29) is 12.6 Å². The number of aliphatic hydroxyl groups excluding tert-OH is 1. The molecule has 0 aliphatic carbocycles. The summed E-state index contributed by atoms with van der Waals surface area (Å²) in [6, 6.07) is 4.10. The van der Waals surface area contributed by atoms with Crippen LogP contribution in [0.3, 0.4) is 0 Å². The maximum atomic E-state index is 8.77. The molecule has 1 aromatic rings. The number of hydrogen-bond acceptors (Lipinski definition) is 3. The SMILES string of the molecule is CNC(CCO)c1ccc(Cl)s1. The molecular weight excluding hydrogens is 194 g/mol. The Balaban J connectivity index is 2.66. The molecule has 0 fully saturated rings.